The second-order valence-electron chi connectivity index (χ2n) is 4.26. The molecule has 0 atom stereocenters. The van der Waals surface area contributed by atoms with Crippen molar-refractivity contribution in [3.05, 3.63) is 34.9 Å². The number of nitrogens with zero attached hydrogens (tertiary/aromatic N) is 1. The minimum absolute atomic E-state index is 0.00156. The largest absolute Gasteiger partial charge is 0.385 e. The average molecular weight is 268 g/mol. The molecule has 0 radical (unpaired) electrons. The summed E-state index contributed by atoms with van der Waals surface area (Å²) in [4.78, 5) is 0. The van der Waals surface area contributed by atoms with Crippen LogP contribution in [0.3, 0.4) is 0 Å². The lowest BCUT2D eigenvalue weighted by Gasteiger charge is -2.07. The van der Waals surface area contributed by atoms with Gasteiger partial charge in [0.05, 0.1) is 11.6 Å². The van der Waals surface area contributed by atoms with E-state index in [1.807, 2.05) is 0 Å². The van der Waals surface area contributed by atoms with Crippen molar-refractivity contribution < 1.29 is 13.5 Å². The molecule has 0 aliphatic carbocycles. The van der Waals surface area contributed by atoms with E-state index in [1.165, 1.54) is 0 Å². The third-order valence-electron chi connectivity index (χ3n) is 2.77. The van der Waals surface area contributed by atoms with E-state index in [2.05, 4.69) is 5.32 Å². The van der Waals surface area contributed by atoms with E-state index in [0.29, 0.717) is 6.54 Å². The Balaban J connectivity index is 2.36. The van der Waals surface area contributed by atoms with E-state index < -0.39 is 11.6 Å². The van der Waals surface area contributed by atoms with Gasteiger partial charge in [-0.2, -0.15) is 5.26 Å². The first-order valence-corrected chi connectivity index (χ1v) is 6.26. The molecule has 3 nitrogen and oxygen atoms in total. The van der Waals surface area contributed by atoms with Gasteiger partial charge < -0.3 is 10.1 Å². The summed E-state index contributed by atoms with van der Waals surface area (Å²) in [6.07, 6.45) is 2.93. The molecule has 0 aliphatic heterocycles. The molecule has 1 rings (SSSR count). The molecule has 0 bridgehead atoms. The van der Waals surface area contributed by atoms with E-state index in [-0.39, 0.29) is 17.7 Å². The first-order valence-electron chi connectivity index (χ1n) is 6.26. The van der Waals surface area contributed by atoms with Crippen molar-refractivity contribution in [2.45, 2.75) is 25.8 Å². The van der Waals surface area contributed by atoms with Crippen molar-refractivity contribution in [1.29, 1.82) is 5.26 Å². The Labute approximate surface area is 112 Å². The lowest BCUT2D eigenvalue weighted by molar-refractivity contribution is 0.192. The highest BCUT2D eigenvalue weighted by molar-refractivity contribution is 5.34. The minimum atomic E-state index is -0.677. The Hall–Kier alpha value is -1.51. The van der Waals surface area contributed by atoms with Crippen molar-refractivity contribution in [1.82, 2.24) is 5.32 Å². The first kappa shape index (κ1) is 15.5. The average Bonchev–Trinajstić information content (AvgIpc) is 2.40. The number of nitrogens with one attached hydrogen (secondary N) is 1. The maximum atomic E-state index is 13.5. The van der Waals surface area contributed by atoms with Gasteiger partial charge >= 0.3 is 0 Å². The van der Waals surface area contributed by atoms with Crippen LogP contribution in [-0.4, -0.2) is 20.3 Å². The fourth-order valence-corrected chi connectivity index (χ4v) is 1.72. The molecule has 0 saturated carbocycles. The van der Waals surface area contributed by atoms with Crippen molar-refractivity contribution in [2.24, 2.45) is 0 Å². The van der Waals surface area contributed by atoms with Gasteiger partial charge in [-0.1, -0.05) is 0 Å². The Morgan fingerprint density at radius 2 is 1.89 bits per heavy atom. The summed E-state index contributed by atoms with van der Waals surface area (Å²) < 4.78 is 32.0. The molecular formula is C14H18F2N2O. The first-order chi connectivity index (χ1) is 9.19. The van der Waals surface area contributed by atoms with Gasteiger partial charge in [0.25, 0.3) is 0 Å². The molecule has 0 unspecified atom stereocenters. The molecule has 0 amide bonds. The summed E-state index contributed by atoms with van der Waals surface area (Å²) in [6.45, 7) is 1.56. The highest BCUT2D eigenvalue weighted by Crippen LogP contribution is 2.14. The number of hydrogen-bond acceptors (Lipinski definition) is 3. The molecule has 0 saturated heterocycles. The van der Waals surface area contributed by atoms with Crippen LogP contribution < -0.4 is 5.32 Å². The Morgan fingerprint density at radius 3 is 2.47 bits per heavy atom. The number of ether oxygens (including phenoxy) is 1. The molecule has 5 heteroatoms. The standard InChI is InChI=1S/C14H18F2N2O/c1-19-6-4-2-3-5-18-10-12-13(15)7-11(9-17)8-14(12)16/h7-8,18H,2-6,10H2,1H3. The van der Waals surface area contributed by atoms with Gasteiger partial charge in [0.1, 0.15) is 11.6 Å². The summed E-state index contributed by atoms with van der Waals surface area (Å²) >= 11 is 0. The quantitative estimate of drug-likeness (QED) is 0.737. The van der Waals surface area contributed by atoms with Crippen molar-refractivity contribution in [3.8, 4) is 6.07 Å². The molecule has 0 fully saturated rings. The van der Waals surface area contributed by atoms with Crippen molar-refractivity contribution in [3.63, 3.8) is 0 Å². The maximum Gasteiger partial charge on any atom is 0.131 e. The van der Waals surface area contributed by atoms with Gasteiger partial charge in [-0.25, -0.2) is 8.78 Å². The molecule has 104 valence electrons. The number of benzene rings is 1. The Bertz CT molecular complexity index is 421. The number of halogens is 2. The Morgan fingerprint density at radius 1 is 1.21 bits per heavy atom. The van der Waals surface area contributed by atoms with E-state index in [9.17, 15) is 8.78 Å². The highest BCUT2D eigenvalue weighted by atomic mass is 19.1. The molecule has 0 heterocycles. The monoisotopic (exact) mass is 268 g/mol. The number of nitriles is 1. The lowest BCUT2D eigenvalue weighted by Crippen LogP contribution is -2.17. The van der Waals surface area contributed by atoms with Crippen molar-refractivity contribution >= 4 is 0 Å². The zero-order chi connectivity index (χ0) is 14.1. The van der Waals surface area contributed by atoms with Crippen LogP contribution in [0.1, 0.15) is 30.4 Å². The second kappa shape index (κ2) is 8.57. The summed E-state index contributed by atoms with van der Waals surface area (Å²) in [6, 6.07) is 3.83. The third kappa shape index (κ3) is 5.33. The van der Waals surface area contributed by atoms with E-state index in [4.69, 9.17) is 10.00 Å². The van der Waals surface area contributed by atoms with Crippen LogP contribution in [0.25, 0.3) is 0 Å². The molecule has 0 aromatic heterocycles. The van der Waals surface area contributed by atoms with E-state index >= 15 is 0 Å². The van der Waals surface area contributed by atoms with Crippen LogP contribution in [0.5, 0.6) is 0 Å². The normalized spacial score (nSPS) is 10.4. The molecule has 0 spiro atoms. The van der Waals surface area contributed by atoms with E-state index in [1.54, 1.807) is 13.2 Å². The fourth-order valence-electron chi connectivity index (χ4n) is 1.72. The Kier molecular flexibility index (Phi) is 7.01. The summed E-state index contributed by atoms with van der Waals surface area (Å²) in [5, 5.41) is 11.6. The van der Waals surface area contributed by atoms with Gasteiger partial charge in [0, 0.05) is 25.8 Å². The SMILES string of the molecule is COCCCCCNCc1c(F)cc(C#N)cc1F. The van der Waals surface area contributed by atoms with Crippen LogP contribution in [0.15, 0.2) is 12.1 Å². The van der Waals surface area contributed by atoms with Crippen LogP contribution in [-0.2, 0) is 11.3 Å². The smallest absolute Gasteiger partial charge is 0.131 e. The zero-order valence-electron chi connectivity index (χ0n) is 11.0. The summed E-state index contributed by atoms with van der Waals surface area (Å²) in [5.74, 6) is -1.35. The summed E-state index contributed by atoms with van der Waals surface area (Å²) in [7, 11) is 1.66. The van der Waals surface area contributed by atoms with Gasteiger partial charge in [-0.15, -0.1) is 0 Å². The zero-order valence-corrected chi connectivity index (χ0v) is 11.0. The van der Waals surface area contributed by atoms with E-state index in [0.717, 1.165) is 38.0 Å². The number of unbranched alkanes of at least 4 members (excludes halogenated alkanes) is 2. The molecule has 1 aromatic carbocycles. The van der Waals surface area contributed by atoms with Crippen molar-refractivity contribution in [2.75, 3.05) is 20.3 Å². The minimum Gasteiger partial charge on any atom is -0.385 e. The fraction of sp³-hybridized carbons (Fsp3) is 0.500. The highest BCUT2D eigenvalue weighted by Gasteiger charge is 2.10. The number of methoxy groups -OCH3 is 1. The third-order valence-corrected chi connectivity index (χ3v) is 2.77. The predicted molar refractivity (Wildman–Crippen MR) is 68.5 cm³/mol. The van der Waals surface area contributed by atoms with Gasteiger partial charge in [0.2, 0.25) is 0 Å². The van der Waals surface area contributed by atoms with Crippen LogP contribution in [0.2, 0.25) is 0 Å². The van der Waals surface area contributed by atoms with Crippen LogP contribution in [0, 0.1) is 23.0 Å². The van der Waals surface area contributed by atoms with Gasteiger partial charge in [-0.05, 0) is 37.9 Å². The topological polar surface area (TPSA) is 45.0 Å². The van der Waals surface area contributed by atoms with Gasteiger partial charge in [-0.3, -0.25) is 0 Å². The lowest BCUT2D eigenvalue weighted by atomic mass is 10.1. The van der Waals surface area contributed by atoms with Crippen LogP contribution in [0.4, 0.5) is 8.78 Å². The molecular weight excluding hydrogens is 250 g/mol. The molecule has 1 aromatic rings. The molecule has 0 aliphatic rings. The number of hydrogen-bond donors (Lipinski definition) is 1. The molecule has 1 N–H and O–H groups in total. The number of rotatable bonds is 8. The predicted octanol–water partition coefficient (Wildman–Crippen LogP) is 2.74. The molecule has 19 heavy (non-hydrogen) atoms. The maximum absolute atomic E-state index is 13.5. The van der Waals surface area contributed by atoms with Crippen LogP contribution >= 0.6 is 0 Å². The second-order valence-corrected chi connectivity index (χ2v) is 4.26. The summed E-state index contributed by atoms with van der Waals surface area (Å²) in [5.41, 5.74) is -0.0193. The van der Waals surface area contributed by atoms with Gasteiger partial charge in [0.15, 0.2) is 0 Å².